The number of anilines is 1. The Morgan fingerprint density at radius 3 is 2.84 bits per heavy atom. The van der Waals surface area contributed by atoms with Crippen molar-refractivity contribution in [1.82, 2.24) is 0 Å². The molecule has 1 N–H and O–H groups in total. The topological polar surface area (TPSA) is 66.8 Å². The summed E-state index contributed by atoms with van der Waals surface area (Å²) in [5.74, 6) is -0.995. The number of hydrogen-bond donors (Lipinski definition) is 1. The molecule has 1 aliphatic rings. The van der Waals surface area contributed by atoms with E-state index in [0.717, 1.165) is 5.56 Å². The standard InChI is InChI=1S/C14H17NO4/c1-9(2)19-6-5-15-12-7-11(14(17)18)4-3-10(12)8-13(15)16/h3-4,7,9H,5-6,8H2,1-2H3,(H,17,18). The highest BCUT2D eigenvalue weighted by molar-refractivity contribution is 6.03. The molecule has 5 heteroatoms. The fourth-order valence-corrected chi connectivity index (χ4v) is 2.12. The summed E-state index contributed by atoms with van der Waals surface area (Å²) in [6, 6.07) is 4.79. The van der Waals surface area contributed by atoms with Gasteiger partial charge in [0.2, 0.25) is 5.91 Å². The lowest BCUT2D eigenvalue weighted by Gasteiger charge is -2.18. The van der Waals surface area contributed by atoms with Crippen LogP contribution in [0, 0.1) is 0 Å². The van der Waals surface area contributed by atoms with Crippen LogP contribution in [-0.4, -0.2) is 36.2 Å². The quantitative estimate of drug-likeness (QED) is 0.878. The molecule has 2 rings (SSSR count). The molecule has 0 unspecified atom stereocenters. The van der Waals surface area contributed by atoms with Crippen molar-refractivity contribution in [3.8, 4) is 0 Å². The van der Waals surface area contributed by atoms with Crippen LogP contribution in [0.3, 0.4) is 0 Å². The molecule has 0 bridgehead atoms. The Morgan fingerprint density at radius 2 is 2.21 bits per heavy atom. The molecule has 1 aromatic carbocycles. The largest absolute Gasteiger partial charge is 0.478 e. The van der Waals surface area contributed by atoms with Crippen LogP contribution in [0.25, 0.3) is 0 Å². The first-order chi connectivity index (χ1) is 8.99. The molecule has 19 heavy (non-hydrogen) atoms. The summed E-state index contributed by atoms with van der Waals surface area (Å²) < 4.78 is 5.43. The second kappa shape index (κ2) is 5.40. The number of hydrogen-bond acceptors (Lipinski definition) is 3. The smallest absolute Gasteiger partial charge is 0.335 e. The summed E-state index contributed by atoms with van der Waals surface area (Å²) >= 11 is 0. The number of carbonyl (C=O) groups is 2. The van der Waals surface area contributed by atoms with Gasteiger partial charge in [0.05, 0.1) is 24.7 Å². The van der Waals surface area contributed by atoms with Crippen LogP contribution in [0.2, 0.25) is 0 Å². The van der Waals surface area contributed by atoms with Crippen molar-refractivity contribution in [3.63, 3.8) is 0 Å². The minimum atomic E-state index is -0.986. The molecule has 0 aliphatic carbocycles. The number of carboxylic acids is 1. The maximum atomic E-state index is 11.9. The predicted octanol–water partition coefficient (Wildman–Crippen LogP) is 1.70. The minimum absolute atomic E-state index is 0.00936. The summed E-state index contributed by atoms with van der Waals surface area (Å²) in [5.41, 5.74) is 1.76. The maximum Gasteiger partial charge on any atom is 0.335 e. The average molecular weight is 263 g/mol. The first-order valence-corrected chi connectivity index (χ1v) is 6.27. The van der Waals surface area contributed by atoms with E-state index < -0.39 is 5.97 Å². The molecule has 0 atom stereocenters. The normalized spacial score (nSPS) is 14.1. The monoisotopic (exact) mass is 263 g/mol. The van der Waals surface area contributed by atoms with Gasteiger partial charge in [0.1, 0.15) is 0 Å². The van der Waals surface area contributed by atoms with Crippen LogP contribution in [0.4, 0.5) is 5.69 Å². The number of carbonyl (C=O) groups excluding carboxylic acids is 1. The van der Waals surface area contributed by atoms with Crippen LogP contribution < -0.4 is 4.90 Å². The first kappa shape index (κ1) is 13.5. The number of aromatic carboxylic acids is 1. The molecule has 1 aliphatic heterocycles. The number of amides is 1. The molecule has 0 spiro atoms. The zero-order chi connectivity index (χ0) is 14.0. The molecule has 1 heterocycles. The fraction of sp³-hybridized carbons (Fsp3) is 0.429. The van der Waals surface area contributed by atoms with Crippen LogP contribution in [0.15, 0.2) is 18.2 Å². The van der Waals surface area contributed by atoms with Crippen molar-refractivity contribution in [2.75, 3.05) is 18.1 Å². The van der Waals surface area contributed by atoms with Gasteiger partial charge in [0, 0.05) is 12.2 Å². The van der Waals surface area contributed by atoms with Gasteiger partial charge in [0.15, 0.2) is 0 Å². The Morgan fingerprint density at radius 1 is 1.47 bits per heavy atom. The molecule has 1 amide bonds. The van der Waals surface area contributed by atoms with Gasteiger partial charge in [-0.2, -0.15) is 0 Å². The summed E-state index contributed by atoms with van der Waals surface area (Å²) in [4.78, 5) is 24.5. The SMILES string of the molecule is CC(C)OCCN1C(=O)Cc2ccc(C(=O)O)cc21. The van der Waals surface area contributed by atoms with Crippen LogP contribution in [-0.2, 0) is 16.0 Å². The van der Waals surface area contributed by atoms with E-state index in [1.807, 2.05) is 13.8 Å². The minimum Gasteiger partial charge on any atom is -0.478 e. The summed E-state index contributed by atoms with van der Waals surface area (Å²) in [5, 5.41) is 8.99. The van der Waals surface area contributed by atoms with Gasteiger partial charge in [-0.25, -0.2) is 4.79 Å². The Balaban J connectivity index is 2.16. The van der Waals surface area contributed by atoms with Gasteiger partial charge in [-0.05, 0) is 31.5 Å². The van der Waals surface area contributed by atoms with Gasteiger partial charge >= 0.3 is 5.97 Å². The zero-order valence-electron chi connectivity index (χ0n) is 11.0. The highest BCUT2D eigenvalue weighted by atomic mass is 16.5. The Bertz CT molecular complexity index is 510. The van der Waals surface area contributed by atoms with Gasteiger partial charge in [0.25, 0.3) is 0 Å². The van der Waals surface area contributed by atoms with Crippen molar-refractivity contribution in [2.24, 2.45) is 0 Å². The highest BCUT2D eigenvalue weighted by Gasteiger charge is 2.27. The Hall–Kier alpha value is -1.88. The van der Waals surface area contributed by atoms with Crippen molar-refractivity contribution < 1.29 is 19.4 Å². The molecule has 0 fully saturated rings. The maximum absolute atomic E-state index is 11.9. The first-order valence-electron chi connectivity index (χ1n) is 6.27. The van der Waals surface area contributed by atoms with Crippen molar-refractivity contribution in [2.45, 2.75) is 26.4 Å². The second-order valence-corrected chi connectivity index (χ2v) is 4.79. The van der Waals surface area contributed by atoms with Crippen molar-refractivity contribution in [1.29, 1.82) is 0 Å². The molecule has 0 radical (unpaired) electrons. The molecule has 102 valence electrons. The van der Waals surface area contributed by atoms with Crippen molar-refractivity contribution >= 4 is 17.6 Å². The van der Waals surface area contributed by atoms with E-state index in [0.29, 0.717) is 25.3 Å². The van der Waals surface area contributed by atoms with E-state index >= 15 is 0 Å². The van der Waals surface area contributed by atoms with E-state index in [1.54, 1.807) is 17.0 Å². The summed E-state index contributed by atoms with van der Waals surface area (Å²) in [7, 11) is 0. The third kappa shape index (κ3) is 2.93. The summed E-state index contributed by atoms with van der Waals surface area (Å²) in [6.45, 7) is 4.76. The summed E-state index contributed by atoms with van der Waals surface area (Å²) in [6.07, 6.45) is 0.444. The lowest BCUT2D eigenvalue weighted by molar-refractivity contribution is -0.117. The lowest BCUT2D eigenvalue weighted by atomic mass is 10.1. The van der Waals surface area contributed by atoms with Gasteiger partial charge in [-0.3, -0.25) is 4.79 Å². The van der Waals surface area contributed by atoms with Gasteiger partial charge in [-0.1, -0.05) is 6.07 Å². The van der Waals surface area contributed by atoms with E-state index in [1.165, 1.54) is 6.07 Å². The van der Waals surface area contributed by atoms with E-state index in [4.69, 9.17) is 9.84 Å². The fourth-order valence-electron chi connectivity index (χ4n) is 2.12. The zero-order valence-corrected chi connectivity index (χ0v) is 11.0. The van der Waals surface area contributed by atoms with Crippen LogP contribution in [0.5, 0.6) is 0 Å². The van der Waals surface area contributed by atoms with Crippen LogP contribution in [0.1, 0.15) is 29.8 Å². The average Bonchev–Trinajstić information content (AvgIpc) is 2.64. The number of fused-ring (bicyclic) bond motifs is 1. The number of rotatable bonds is 5. The molecule has 0 saturated heterocycles. The van der Waals surface area contributed by atoms with E-state index in [2.05, 4.69) is 0 Å². The molecule has 0 saturated carbocycles. The van der Waals surface area contributed by atoms with Gasteiger partial charge < -0.3 is 14.7 Å². The van der Waals surface area contributed by atoms with Crippen molar-refractivity contribution in [3.05, 3.63) is 29.3 Å². The third-order valence-electron chi connectivity index (χ3n) is 3.03. The second-order valence-electron chi connectivity index (χ2n) is 4.79. The van der Waals surface area contributed by atoms with Gasteiger partial charge in [-0.15, -0.1) is 0 Å². The molecule has 5 nitrogen and oxygen atoms in total. The third-order valence-corrected chi connectivity index (χ3v) is 3.03. The molecule has 1 aromatic rings. The lowest BCUT2D eigenvalue weighted by Crippen LogP contribution is -2.31. The Labute approximate surface area is 111 Å². The number of nitrogens with zero attached hydrogens (tertiary/aromatic N) is 1. The highest BCUT2D eigenvalue weighted by Crippen LogP contribution is 2.29. The Kier molecular flexibility index (Phi) is 3.85. The number of benzene rings is 1. The van der Waals surface area contributed by atoms with Crippen LogP contribution >= 0.6 is 0 Å². The number of ether oxygens (including phenoxy) is 1. The van der Waals surface area contributed by atoms with E-state index in [-0.39, 0.29) is 17.6 Å². The molecular formula is C14H17NO4. The predicted molar refractivity (Wildman–Crippen MR) is 70.5 cm³/mol. The van der Waals surface area contributed by atoms with E-state index in [9.17, 15) is 9.59 Å². The molecule has 0 aromatic heterocycles. The molecular weight excluding hydrogens is 246 g/mol. The number of carboxylic acid groups (broad SMARTS) is 1.